The van der Waals surface area contributed by atoms with Gasteiger partial charge in [-0.15, -0.1) is 23.1 Å². The molecule has 3 aromatic rings. The molecule has 1 saturated heterocycles. The molecule has 1 aromatic heterocycles. The zero-order valence-corrected chi connectivity index (χ0v) is 19.3. The van der Waals surface area contributed by atoms with E-state index in [-0.39, 0.29) is 12.0 Å². The van der Waals surface area contributed by atoms with Crippen molar-refractivity contribution in [3.05, 3.63) is 81.8 Å². The van der Waals surface area contributed by atoms with Crippen LogP contribution in [0.3, 0.4) is 0 Å². The second kappa shape index (κ2) is 10.9. The molecule has 1 aliphatic rings. The van der Waals surface area contributed by atoms with Crippen LogP contribution < -0.4 is 5.32 Å². The zero-order valence-electron chi connectivity index (χ0n) is 17.6. The molecule has 1 atom stereocenters. The summed E-state index contributed by atoms with van der Waals surface area (Å²) in [5.41, 5.74) is 3.07. The van der Waals surface area contributed by atoms with E-state index in [0.717, 1.165) is 41.0 Å². The predicted octanol–water partition coefficient (Wildman–Crippen LogP) is 4.37. The van der Waals surface area contributed by atoms with Gasteiger partial charge in [-0.05, 0) is 36.8 Å². The van der Waals surface area contributed by atoms with Gasteiger partial charge in [0, 0.05) is 47.8 Å². The summed E-state index contributed by atoms with van der Waals surface area (Å²) in [6.07, 6.45) is 0.0119. The number of aromatic nitrogens is 1. The third kappa shape index (κ3) is 6.64. The van der Waals surface area contributed by atoms with Gasteiger partial charge in [-0.1, -0.05) is 30.3 Å². The largest absolute Gasteiger partial charge is 0.374 e. The van der Waals surface area contributed by atoms with Crippen LogP contribution in [0.15, 0.2) is 64.9 Å². The first kappa shape index (κ1) is 22.0. The molecule has 2 heterocycles. The normalized spacial score (nSPS) is 16.9. The van der Waals surface area contributed by atoms with E-state index >= 15 is 0 Å². The van der Waals surface area contributed by atoms with Crippen molar-refractivity contribution >= 4 is 29.0 Å². The summed E-state index contributed by atoms with van der Waals surface area (Å²) in [5.74, 6) is 0.782. The molecule has 5 nitrogen and oxygen atoms in total. The first-order valence-corrected chi connectivity index (χ1v) is 12.3. The summed E-state index contributed by atoms with van der Waals surface area (Å²) in [6.45, 7) is 5.88. The Balaban J connectivity index is 1.22. The fourth-order valence-corrected chi connectivity index (χ4v) is 5.04. The van der Waals surface area contributed by atoms with E-state index in [0.29, 0.717) is 18.7 Å². The topological polar surface area (TPSA) is 54.5 Å². The second-order valence-electron chi connectivity index (χ2n) is 7.59. The number of morpholine rings is 1. The van der Waals surface area contributed by atoms with Crippen molar-refractivity contribution in [1.82, 2.24) is 15.2 Å². The zero-order chi connectivity index (χ0) is 21.5. The van der Waals surface area contributed by atoms with E-state index in [2.05, 4.69) is 44.8 Å². The highest BCUT2D eigenvalue weighted by Gasteiger charge is 2.21. The highest BCUT2D eigenvalue weighted by atomic mass is 32.2. The average Bonchev–Trinajstić information content (AvgIpc) is 3.22. The van der Waals surface area contributed by atoms with Crippen LogP contribution >= 0.6 is 23.1 Å². The molecule has 0 spiro atoms. The third-order valence-corrected chi connectivity index (χ3v) is 7.00. The highest BCUT2D eigenvalue weighted by Crippen LogP contribution is 2.24. The Morgan fingerprint density at radius 3 is 2.77 bits per heavy atom. The maximum Gasteiger partial charge on any atom is 0.251 e. The number of carbonyl (C=O) groups is 1. The van der Waals surface area contributed by atoms with E-state index in [1.54, 1.807) is 23.1 Å². The minimum atomic E-state index is -0.0598. The lowest BCUT2D eigenvalue weighted by Gasteiger charge is -2.33. The fourth-order valence-electron chi connectivity index (χ4n) is 3.53. The first-order valence-electron chi connectivity index (χ1n) is 10.5. The van der Waals surface area contributed by atoms with Crippen LogP contribution in [-0.2, 0) is 17.0 Å². The summed E-state index contributed by atoms with van der Waals surface area (Å²) >= 11 is 3.40. The van der Waals surface area contributed by atoms with Crippen molar-refractivity contribution in [2.45, 2.75) is 30.2 Å². The molecular formula is C24H27N3O2S2. The van der Waals surface area contributed by atoms with Gasteiger partial charge < -0.3 is 10.1 Å². The van der Waals surface area contributed by atoms with E-state index in [1.165, 1.54) is 5.56 Å². The molecule has 4 rings (SSSR count). The average molecular weight is 454 g/mol. The number of rotatable bonds is 8. The number of nitrogens with one attached hydrogen (secondary N) is 1. The minimum Gasteiger partial charge on any atom is -0.374 e. The molecule has 0 radical (unpaired) electrons. The lowest BCUT2D eigenvalue weighted by atomic mass is 10.2. The van der Waals surface area contributed by atoms with Crippen molar-refractivity contribution in [2.24, 2.45) is 0 Å². The van der Waals surface area contributed by atoms with Crippen LogP contribution in [0.5, 0.6) is 0 Å². The number of amides is 1. The van der Waals surface area contributed by atoms with Crippen molar-refractivity contribution in [3.63, 3.8) is 0 Å². The Hall–Kier alpha value is -2.19. The Morgan fingerprint density at radius 1 is 1.23 bits per heavy atom. The van der Waals surface area contributed by atoms with Gasteiger partial charge in [0.1, 0.15) is 0 Å². The number of nitrogens with zero attached hydrogens (tertiary/aromatic N) is 2. The molecule has 0 saturated carbocycles. The second-order valence-corrected chi connectivity index (χ2v) is 9.71. The molecule has 1 amide bonds. The first-order chi connectivity index (χ1) is 15.2. The molecule has 1 fully saturated rings. The van der Waals surface area contributed by atoms with Crippen LogP contribution in [-0.4, -0.2) is 48.1 Å². The molecule has 1 aliphatic heterocycles. The van der Waals surface area contributed by atoms with E-state index < -0.39 is 0 Å². The van der Waals surface area contributed by atoms with Gasteiger partial charge in [-0.2, -0.15) is 0 Å². The Labute approximate surface area is 191 Å². The molecule has 0 bridgehead atoms. The maximum atomic E-state index is 12.6. The summed E-state index contributed by atoms with van der Waals surface area (Å²) in [4.78, 5) is 20.6. The molecule has 2 aromatic carbocycles. The number of ether oxygens (including phenoxy) is 1. The van der Waals surface area contributed by atoms with Crippen LogP contribution in [0.1, 0.15) is 26.6 Å². The number of hydrogen-bond donors (Lipinski definition) is 1. The quantitative estimate of drug-likeness (QED) is 0.513. The number of aryl methyl sites for hydroxylation is 1. The number of carbonyl (C=O) groups excluding carboxylic acids is 1. The predicted molar refractivity (Wildman–Crippen MR) is 127 cm³/mol. The molecule has 1 unspecified atom stereocenters. The monoisotopic (exact) mass is 453 g/mol. The lowest BCUT2D eigenvalue weighted by molar-refractivity contribution is -0.0292. The minimum absolute atomic E-state index is 0.0119. The number of hydrogen-bond acceptors (Lipinski definition) is 6. The van der Waals surface area contributed by atoms with Gasteiger partial charge in [0.15, 0.2) is 0 Å². The van der Waals surface area contributed by atoms with Gasteiger partial charge in [0.25, 0.3) is 5.91 Å². The Kier molecular flexibility index (Phi) is 7.75. The van der Waals surface area contributed by atoms with Gasteiger partial charge >= 0.3 is 0 Å². The number of thiazole rings is 1. The lowest BCUT2D eigenvalue weighted by Crippen LogP contribution is -2.47. The smallest absolute Gasteiger partial charge is 0.251 e. The van der Waals surface area contributed by atoms with Gasteiger partial charge in [-0.25, -0.2) is 4.98 Å². The fraction of sp³-hybridized carbons (Fsp3) is 0.333. The standard InChI is InChI=1S/C24H27N3O2S2/c1-18-26-21(16-30-18)17-31-23-9-7-20(8-10-23)24(28)25-13-22-15-27(11-12-29-22)14-19-5-3-2-4-6-19/h2-10,16,22H,11-15,17H2,1H3,(H,25,28). The Bertz CT molecular complexity index is 976. The van der Waals surface area contributed by atoms with E-state index in [9.17, 15) is 4.79 Å². The number of thioether (sulfide) groups is 1. The molecule has 31 heavy (non-hydrogen) atoms. The molecule has 7 heteroatoms. The van der Waals surface area contributed by atoms with Gasteiger partial charge in [-0.3, -0.25) is 9.69 Å². The molecule has 0 aliphatic carbocycles. The maximum absolute atomic E-state index is 12.6. The third-order valence-electron chi connectivity index (χ3n) is 5.13. The van der Waals surface area contributed by atoms with E-state index in [1.807, 2.05) is 37.3 Å². The molecule has 162 valence electrons. The summed E-state index contributed by atoms with van der Waals surface area (Å²) in [7, 11) is 0. The SMILES string of the molecule is Cc1nc(CSc2ccc(C(=O)NCC3CN(Cc4ccccc4)CCO3)cc2)cs1. The highest BCUT2D eigenvalue weighted by molar-refractivity contribution is 7.98. The molecule has 1 N–H and O–H groups in total. The van der Waals surface area contributed by atoms with Crippen LogP contribution in [0.2, 0.25) is 0 Å². The van der Waals surface area contributed by atoms with Crippen molar-refractivity contribution in [1.29, 1.82) is 0 Å². The summed E-state index contributed by atoms with van der Waals surface area (Å²) in [6, 6.07) is 18.2. The van der Waals surface area contributed by atoms with Crippen LogP contribution in [0, 0.1) is 6.92 Å². The van der Waals surface area contributed by atoms with Crippen molar-refractivity contribution < 1.29 is 9.53 Å². The van der Waals surface area contributed by atoms with Crippen molar-refractivity contribution in [3.8, 4) is 0 Å². The summed E-state index contributed by atoms with van der Waals surface area (Å²) < 4.78 is 5.86. The van der Waals surface area contributed by atoms with E-state index in [4.69, 9.17) is 4.74 Å². The van der Waals surface area contributed by atoms with Crippen LogP contribution in [0.25, 0.3) is 0 Å². The number of benzene rings is 2. The summed E-state index contributed by atoms with van der Waals surface area (Å²) in [5, 5.41) is 6.21. The van der Waals surface area contributed by atoms with Gasteiger partial charge in [0.2, 0.25) is 0 Å². The molecular weight excluding hydrogens is 426 g/mol. The van der Waals surface area contributed by atoms with Crippen molar-refractivity contribution in [2.75, 3.05) is 26.2 Å². The van der Waals surface area contributed by atoms with Gasteiger partial charge in [0.05, 0.1) is 23.4 Å². The van der Waals surface area contributed by atoms with Crippen LogP contribution in [0.4, 0.5) is 0 Å². The Morgan fingerprint density at radius 2 is 2.03 bits per heavy atom.